The third-order valence-electron chi connectivity index (χ3n) is 1.72. The van der Waals surface area contributed by atoms with E-state index in [1.165, 1.54) is 0 Å². The van der Waals surface area contributed by atoms with Gasteiger partial charge in [0.15, 0.2) is 8.32 Å². The number of rotatable bonds is 5. The van der Waals surface area contributed by atoms with Gasteiger partial charge >= 0.3 is 0 Å². The summed E-state index contributed by atoms with van der Waals surface area (Å²) >= 11 is 11.5. The van der Waals surface area contributed by atoms with Gasteiger partial charge in [-0.1, -0.05) is 0 Å². The van der Waals surface area contributed by atoms with Crippen LogP contribution in [0.3, 0.4) is 0 Å². The van der Waals surface area contributed by atoms with Crippen LogP contribution >= 0.6 is 23.2 Å². The maximum atomic E-state index is 5.76. The zero-order chi connectivity index (χ0) is 8.91. The largest absolute Gasteiger partial charge is 0.456 e. The first-order chi connectivity index (χ1) is 5.08. The van der Waals surface area contributed by atoms with Crippen molar-refractivity contribution < 1.29 is 4.12 Å². The molecule has 0 aliphatic rings. The Balaban J connectivity index is 4.00. The SMILES string of the molecule is C[Si]O[Si](C)(C)C(CCl)CCl. The third kappa shape index (κ3) is 3.94. The average molecular weight is 229 g/mol. The molecule has 66 valence electrons. The Morgan fingerprint density at radius 2 is 1.82 bits per heavy atom. The molecule has 0 spiro atoms. The van der Waals surface area contributed by atoms with Crippen LogP contribution in [0.4, 0.5) is 0 Å². The van der Waals surface area contributed by atoms with Gasteiger partial charge in [0.1, 0.15) is 0 Å². The van der Waals surface area contributed by atoms with Crippen molar-refractivity contribution in [3.05, 3.63) is 0 Å². The van der Waals surface area contributed by atoms with Crippen LogP contribution in [0.5, 0.6) is 0 Å². The van der Waals surface area contributed by atoms with Gasteiger partial charge in [-0.05, 0) is 19.6 Å². The highest BCUT2D eigenvalue weighted by molar-refractivity contribution is 6.77. The number of hydrogen-bond acceptors (Lipinski definition) is 1. The molecule has 0 aromatic carbocycles. The summed E-state index contributed by atoms with van der Waals surface area (Å²) in [6.45, 7) is 6.37. The quantitative estimate of drug-likeness (QED) is 0.520. The summed E-state index contributed by atoms with van der Waals surface area (Å²) in [4.78, 5) is 0. The second-order valence-corrected chi connectivity index (χ2v) is 8.78. The molecule has 0 unspecified atom stereocenters. The van der Waals surface area contributed by atoms with Gasteiger partial charge in [-0.3, -0.25) is 0 Å². The molecule has 0 fully saturated rings. The van der Waals surface area contributed by atoms with Gasteiger partial charge in [0.05, 0.1) is 0 Å². The predicted molar refractivity (Wildman–Crippen MR) is 55.4 cm³/mol. The zero-order valence-corrected chi connectivity index (χ0v) is 10.7. The van der Waals surface area contributed by atoms with E-state index >= 15 is 0 Å². The molecular formula is C6H14Cl2OSi2. The maximum absolute atomic E-state index is 5.76. The van der Waals surface area contributed by atoms with Crippen molar-refractivity contribution in [1.82, 2.24) is 0 Å². The standard InChI is InChI=1S/C6H14Cl2OSi2/c1-10-9-11(2,3)6(4-7)5-8/h6H,4-5H2,1-3H3. The van der Waals surface area contributed by atoms with Gasteiger partial charge in [-0.15, -0.1) is 23.2 Å². The topological polar surface area (TPSA) is 9.23 Å². The molecule has 0 amide bonds. The van der Waals surface area contributed by atoms with E-state index in [4.69, 9.17) is 27.3 Å². The normalized spacial score (nSPS) is 12.5. The van der Waals surface area contributed by atoms with Crippen LogP contribution < -0.4 is 0 Å². The van der Waals surface area contributed by atoms with Crippen LogP contribution in [0.2, 0.25) is 25.2 Å². The first kappa shape index (κ1) is 12.0. The molecule has 11 heavy (non-hydrogen) atoms. The van der Waals surface area contributed by atoms with E-state index in [2.05, 4.69) is 13.1 Å². The van der Waals surface area contributed by atoms with Crippen molar-refractivity contribution in [2.24, 2.45) is 0 Å². The summed E-state index contributed by atoms with van der Waals surface area (Å²) in [5.41, 5.74) is 0.373. The molecule has 0 aliphatic heterocycles. The Labute approximate surface area is 82.5 Å². The van der Waals surface area contributed by atoms with E-state index in [1.807, 2.05) is 6.55 Å². The highest BCUT2D eigenvalue weighted by atomic mass is 35.5. The molecule has 0 saturated carbocycles. The van der Waals surface area contributed by atoms with E-state index in [9.17, 15) is 0 Å². The van der Waals surface area contributed by atoms with Crippen LogP contribution in [-0.4, -0.2) is 29.8 Å². The summed E-state index contributed by atoms with van der Waals surface area (Å²) in [7, 11) is -1.03. The molecule has 0 aromatic heterocycles. The lowest BCUT2D eigenvalue weighted by Crippen LogP contribution is -2.39. The number of halogens is 2. The Bertz CT molecular complexity index is 107. The molecule has 0 bridgehead atoms. The lowest BCUT2D eigenvalue weighted by Gasteiger charge is -2.28. The first-order valence-electron chi connectivity index (χ1n) is 3.55. The molecule has 0 N–H and O–H groups in total. The summed E-state index contributed by atoms with van der Waals surface area (Å²) in [6, 6.07) is 0. The number of alkyl halides is 2. The second kappa shape index (κ2) is 5.59. The Morgan fingerprint density at radius 1 is 1.36 bits per heavy atom. The number of hydrogen-bond donors (Lipinski definition) is 0. The van der Waals surface area contributed by atoms with Crippen LogP contribution in [0.15, 0.2) is 0 Å². The van der Waals surface area contributed by atoms with Gasteiger partial charge in [-0.2, -0.15) is 0 Å². The predicted octanol–water partition coefficient (Wildman–Crippen LogP) is 2.72. The maximum Gasteiger partial charge on any atom is 0.211 e. The van der Waals surface area contributed by atoms with Gasteiger partial charge in [-0.25, -0.2) is 0 Å². The highest BCUT2D eigenvalue weighted by Crippen LogP contribution is 2.25. The second-order valence-electron chi connectivity index (χ2n) is 2.92. The molecule has 2 radical (unpaired) electrons. The van der Waals surface area contributed by atoms with Crippen molar-refractivity contribution in [1.29, 1.82) is 0 Å². The molecule has 5 heteroatoms. The molecule has 0 aliphatic carbocycles. The van der Waals surface area contributed by atoms with Crippen molar-refractivity contribution >= 4 is 41.3 Å². The fourth-order valence-electron chi connectivity index (χ4n) is 0.759. The van der Waals surface area contributed by atoms with Crippen LogP contribution in [0, 0.1) is 0 Å². The van der Waals surface area contributed by atoms with Crippen LogP contribution in [0.25, 0.3) is 0 Å². The van der Waals surface area contributed by atoms with Gasteiger partial charge in [0, 0.05) is 17.3 Å². The van der Waals surface area contributed by atoms with E-state index in [0.29, 0.717) is 27.1 Å². The van der Waals surface area contributed by atoms with Crippen molar-refractivity contribution in [3.8, 4) is 0 Å². The van der Waals surface area contributed by atoms with Crippen LogP contribution in [-0.2, 0) is 4.12 Å². The van der Waals surface area contributed by atoms with Gasteiger partial charge in [0.2, 0.25) is 9.76 Å². The summed E-state index contributed by atoms with van der Waals surface area (Å²) < 4.78 is 5.67. The molecule has 0 rings (SSSR count). The molecule has 0 heterocycles. The molecule has 1 nitrogen and oxygen atoms in total. The van der Waals surface area contributed by atoms with E-state index < -0.39 is 8.32 Å². The molecule has 0 saturated heterocycles. The highest BCUT2D eigenvalue weighted by Gasteiger charge is 2.31. The van der Waals surface area contributed by atoms with Crippen molar-refractivity contribution in [2.45, 2.75) is 25.2 Å². The molecule has 0 atom stereocenters. The first-order valence-corrected chi connectivity index (χ1v) is 9.01. The monoisotopic (exact) mass is 228 g/mol. The summed E-state index contributed by atoms with van der Waals surface area (Å²) in [5.74, 6) is 1.24. The van der Waals surface area contributed by atoms with Gasteiger partial charge in [0.25, 0.3) is 0 Å². The van der Waals surface area contributed by atoms with Crippen LogP contribution in [0.1, 0.15) is 0 Å². The summed E-state index contributed by atoms with van der Waals surface area (Å²) in [6.07, 6.45) is 0. The average Bonchev–Trinajstić information content (AvgIpc) is 1.89. The minimum Gasteiger partial charge on any atom is -0.456 e. The van der Waals surface area contributed by atoms with Gasteiger partial charge < -0.3 is 4.12 Å². The lowest BCUT2D eigenvalue weighted by atomic mass is 10.5. The van der Waals surface area contributed by atoms with Crippen molar-refractivity contribution in [2.75, 3.05) is 11.8 Å². The Morgan fingerprint density at radius 3 is 2.09 bits per heavy atom. The molecular weight excluding hydrogens is 215 g/mol. The lowest BCUT2D eigenvalue weighted by molar-refractivity contribution is 0.574. The zero-order valence-electron chi connectivity index (χ0n) is 7.16. The Hall–Kier alpha value is 0.974. The van der Waals surface area contributed by atoms with E-state index in [0.717, 1.165) is 0 Å². The fourth-order valence-corrected chi connectivity index (χ4v) is 6.83. The van der Waals surface area contributed by atoms with Crippen molar-refractivity contribution in [3.63, 3.8) is 0 Å². The van der Waals surface area contributed by atoms with E-state index in [-0.39, 0.29) is 0 Å². The minimum atomic E-state index is -1.58. The molecule has 0 aromatic rings. The van der Waals surface area contributed by atoms with E-state index in [1.54, 1.807) is 0 Å². The third-order valence-corrected chi connectivity index (χ3v) is 8.28. The minimum absolute atomic E-state index is 0.373. The Kier molecular flexibility index (Phi) is 6.09. The fraction of sp³-hybridized carbons (Fsp3) is 1.00. The smallest absolute Gasteiger partial charge is 0.211 e. The summed E-state index contributed by atoms with van der Waals surface area (Å²) in [5, 5.41) is 0.